The number of hydrogen-bond acceptors (Lipinski definition) is 8. The fourth-order valence-corrected chi connectivity index (χ4v) is 8.74. The second-order valence-electron chi connectivity index (χ2n) is 15.5. The van der Waals surface area contributed by atoms with Crippen molar-refractivity contribution in [1.82, 2.24) is 15.3 Å². The molecule has 0 bridgehead atoms. The standard InChI is InChI=1S/C28H14B22ClN5O3S/c29-19(8-20(30,31)56-21(32,33)9-19)10-6-15(59-23(37,25(39,40)41)26(42,43)44)14(5-11(10)22(34,35)36)54-18-52-7-12(51)17(55-18)53-13-3-1-2-4-16(13)60(57,58)24(38,27(45,46)47)28(48,49)50/h1-7,56H,8-9H2,(H2,52,53,54,55). The third kappa shape index (κ3) is 9.93. The van der Waals surface area contributed by atoms with Crippen molar-refractivity contribution in [2.45, 2.75) is 69.4 Å². The largest absolute Gasteiger partial charge is 0.498 e. The lowest BCUT2D eigenvalue weighted by molar-refractivity contribution is 0.159. The highest BCUT2D eigenvalue weighted by Crippen LogP contribution is 2.52. The van der Waals surface area contributed by atoms with Gasteiger partial charge in [-0.25, -0.2) is 13.4 Å². The van der Waals surface area contributed by atoms with Gasteiger partial charge in [0.25, 0.3) is 0 Å². The van der Waals surface area contributed by atoms with E-state index in [1.54, 1.807) is 0 Å². The molecule has 2 heterocycles. The second-order valence-corrected chi connectivity index (χ2v) is 18.0. The van der Waals surface area contributed by atoms with E-state index in [2.05, 4.69) is 25.9 Å². The number of sulfone groups is 1. The van der Waals surface area contributed by atoms with Crippen LogP contribution in [0.1, 0.15) is 24.0 Å². The van der Waals surface area contributed by atoms with Crippen molar-refractivity contribution in [3.63, 3.8) is 0 Å². The topological polar surface area (TPSA) is 105 Å². The van der Waals surface area contributed by atoms with Crippen molar-refractivity contribution in [2.24, 2.45) is 0 Å². The zero-order valence-electron chi connectivity index (χ0n) is 32.1. The van der Waals surface area contributed by atoms with Crippen LogP contribution in [0, 0.1) is 0 Å². The number of hydrogen-bond donors (Lipinski definition) is 3. The summed E-state index contributed by atoms with van der Waals surface area (Å²) in [5.74, 6) is -0.945. The molecule has 1 saturated heterocycles. The van der Waals surface area contributed by atoms with Crippen LogP contribution in [0.25, 0.3) is 0 Å². The lowest BCUT2D eigenvalue weighted by atomic mass is 9.19. The van der Waals surface area contributed by atoms with Gasteiger partial charge < -0.3 is 20.7 Å². The third-order valence-corrected chi connectivity index (χ3v) is 12.3. The van der Waals surface area contributed by atoms with Gasteiger partial charge in [-0.15, -0.1) is 25.6 Å². The normalized spacial score (nSPS) is 17.6. The Balaban J connectivity index is 1.96. The fraction of sp³-hybridized carbons (Fsp3) is 0.429. The molecular formula is C28H14B22ClN5O3S. The first-order chi connectivity index (χ1) is 26.6. The van der Waals surface area contributed by atoms with E-state index in [0.717, 1.165) is 12.3 Å². The van der Waals surface area contributed by atoms with Crippen molar-refractivity contribution in [2.75, 3.05) is 10.6 Å². The molecule has 0 unspecified atom stereocenters. The number of halogens is 1. The Bertz CT molecular complexity index is 2180. The van der Waals surface area contributed by atoms with Crippen LogP contribution in [0.4, 0.5) is 23.1 Å². The van der Waals surface area contributed by atoms with Crippen LogP contribution >= 0.6 is 11.6 Å². The minimum absolute atomic E-state index is 0.00521. The lowest BCUT2D eigenvalue weighted by Gasteiger charge is -2.56. The van der Waals surface area contributed by atoms with E-state index in [0.29, 0.717) is 0 Å². The quantitative estimate of drug-likeness (QED) is 0.141. The number of rotatable bonds is 14. The van der Waals surface area contributed by atoms with E-state index < -0.39 is 66.4 Å². The SMILES string of the molecule is [B]C1([B])CC([B])(c2cc(OC([B])(C([B])([B])[B])C([B])([B])[B])c(Nc3ncc(Cl)c(Nc4ccccc4S(=O)(=O)C([B])(C([B])([B])[B])C([B])([B])[B])n3)cc2C([B])([B])[B])CC([B])([B])N1. The average Bonchev–Trinajstić information content (AvgIpc) is 3.02. The van der Waals surface area contributed by atoms with Crippen LogP contribution in [0.5, 0.6) is 5.75 Å². The number of aromatic nitrogens is 2. The zero-order valence-corrected chi connectivity index (χ0v) is 33.6. The summed E-state index contributed by atoms with van der Waals surface area (Å²) in [6.45, 7) is 0. The van der Waals surface area contributed by atoms with Crippen molar-refractivity contribution in [3.05, 3.63) is 58.7 Å². The number of anilines is 4. The van der Waals surface area contributed by atoms with Gasteiger partial charge in [-0.1, -0.05) is 40.0 Å². The summed E-state index contributed by atoms with van der Waals surface area (Å²) in [5.41, 5.74) is -3.27. The molecule has 248 valence electrons. The predicted octanol–water partition coefficient (Wildman–Crippen LogP) is -4.84. The molecule has 1 aliphatic heterocycles. The molecule has 60 heavy (non-hydrogen) atoms. The Kier molecular flexibility index (Phi) is 13.8. The monoisotopic (exact) mass is 777 g/mol. The third-order valence-electron chi connectivity index (χ3n) is 9.49. The minimum atomic E-state index is -5.04. The summed E-state index contributed by atoms with van der Waals surface area (Å²) in [6.07, 6.45) is 0.558. The van der Waals surface area contributed by atoms with E-state index in [4.69, 9.17) is 189 Å². The van der Waals surface area contributed by atoms with Crippen molar-refractivity contribution in [1.29, 1.82) is 0 Å². The molecule has 44 radical (unpaired) electrons. The maximum absolute atomic E-state index is 14.1. The van der Waals surface area contributed by atoms with Crippen LogP contribution in [0.15, 0.2) is 47.5 Å². The Morgan fingerprint density at radius 1 is 0.700 bits per heavy atom. The molecule has 8 nitrogen and oxygen atoms in total. The number of nitrogens with one attached hydrogen (secondary N) is 3. The van der Waals surface area contributed by atoms with Crippen LogP contribution in [-0.2, 0) is 20.3 Å². The van der Waals surface area contributed by atoms with Gasteiger partial charge in [0.05, 0.1) is 187 Å². The van der Waals surface area contributed by atoms with Gasteiger partial charge >= 0.3 is 0 Å². The van der Waals surface area contributed by atoms with Crippen LogP contribution in [0.2, 0.25) is 25.5 Å². The Morgan fingerprint density at radius 2 is 1.20 bits per heavy atom. The van der Waals surface area contributed by atoms with Gasteiger partial charge in [0.15, 0.2) is 15.7 Å². The van der Waals surface area contributed by atoms with E-state index in [1.165, 1.54) is 30.3 Å². The number of piperidine rings is 1. The molecule has 3 N–H and O–H groups in total. The fourth-order valence-electron chi connectivity index (χ4n) is 6.66. The summed E-state index contributed by atoms with van der Waals surface area (Å²) in [7, 11) is 129. The Hall–Kier alpha value is -1.45. The first kappa shape index (κ1) is 51.2. The van der Waals surface area contributed by atoms with E-state index in [1.807, 2.05) is 0 Å². The van der Waals surface area contributed by atoms with Gasteiger partial charge in [-0.2, -0.15) is 4.98 Å². The molecule has 0 atom stereocenters. The summed E-state index contributed by atoms with van der Waals surface area (Å²) in [5, 5.41) is -10.1. The highest BCUT2D eigenvalue weighted by atomic mass is 35.5. The first-order valence-corrected chi connectivity index (χ1v) is 18.9. The van der Waals surface area contributed by atoms with Gasteiger partial charge in [0.1, 0.15) is 18.6 Å². The first-order valence-electron chi connectivity index (χ1n) is 17.1. The van der Waals surface area contributed by atoms with E-state index >= 15 is 0 Å². The molecule has 1 aromatic heterocycles. The second kappa shape index (κ2) is 16.2. The van der Waals surface area contributed by atoms with Gasteiger partial charge in [0, 0.05) is 10.1 Å². The van der Waals surface area contributed by atoms with E-state index in [-0.39, 0.29) is 57.9 Å². The van der Waals surface area contributed by atoms with Gasteiger partial charge in [-0.05, 0) is 48.0 Å². The van der Waals surface area contributed by atoms with E-state index in [9.17, 15) is 8.42 Å². The van der Waals surface area contributed by atoms with Gasteiger partial charge in [-0.3, -0.25) is 0 Å². The minimum Gasteiger partial charge on any atom is -0.498 e. The summed E-state index contributed by atoms with van der Waals surface area (Å²) in [4.78, 5) is 7.96. The highest BCUT2D eigenvalue weighted by Gasteiger charge is 2.54. The molecule has 1 fully saturated rings. The summed E-state index contributed by atoms with van der Waals surface area (Å²) in [6, 6.07) is 7.58. The highest BCUT2D eigenvalue weighted by molar-refractivity contribution is 7.95. The van der Waals surface area contributed by atoms with Crippen LogP contribution in [0.3, 0.4) is 0 Å². The maximum atomic E-state index is 14.1. The smallest absolute Gasteiger partial charge is 0.229 e. The molecule has 1 aliphatic rings. The van der Waals surface area contributed by atoms with Crippen LogP contribution in [-0.4, -0.2) is 212 Å². The molecular weight excluding hydrogens is 760 g/mol. The molecule has 4 rings (SSSR count). The molecule has 3 aromatic rings. The molecule has 2 aromatic carbocycles. The Morgan fingerprint density at radius 3 is 1.67 bits per heavy atom. The number of ether oxygens (including phenoxy) is 1. The molecule has 0 amide bonds. The maximum Gasteiger partial charge on any atom is 0.229 e. The summed E-state index contributed by atoms with van der Waals surface area (Å²) < 4.78 is 31.2. The summed E-state index contributed by atoms with van der Waals surface area (Å²) >= 11 is 6.48. The molecule has 0 saturated carbocycles. The van der Waals surface area contributed by atoms with Crippen molar-refractivity contribution < 1.29 is 13.2 Å². The number of para-hydroxylation sites is 1. The Labute approximate surface area is 387 Å². The van der Waals surface area contributed by atoms with Crippen LogP contribution < -0.4 is 20.7 Å². The van der Waals surface area contributed by atoms with Crippen molar-refractivity contribution in [3.8, 4) is 5.75 Å². The molecule has 32 heteroatoms. The number of nitrogens with zero attached hydrogens (tertiary/aromatic N) is 2. The predicted molar refractivity (Wildman–Crippen MR) is 258 cm³/mol. The van der Waals surface area contributed by atoms with Crippen molar-refractivity contribution >= 4 is 217 Å². The average molecular weight is 774 g/mol. The molecule has 0 spiro atoms. The molecule has 0 aliphatic carbocycles. The lowest BCUT2D eigenvalue weighted by Crippen LogP contribution is -2.69. The number of benzene rings is 2. The zero-order chi connectivity index (χ0) is 46.3. The van der Waals surface area contributed by atoms with Gasteiger partial charge in [0.2, 0.25) is 5.95 Å².